The lowest BCUT2D eigenvalue weighted by atomic mass is 9.90. The van der Waals surface area contributed by atoms with Gasteiger partial charge in [-0.15, -0.1) is 0 Å². The van der Waals surface area contributed by atoms with Crippen molar-refractivity contribution in [3.05, 3.63) is 42.2 Å². The van der Waals surface area contributed by atoms with E-state index in [0.29, 0.717) is 18.8 Å². The van der Waals surface area contributed by atoms with E-state index in [0.717, 1.165) is 30.7 Å². The first-order chi connectivity index (χ1) is 12.3. The first kappa shape index (κ1) is 16.1. The van der Waals surface area contributed by atoms with Crippen molar-refractivity contribution in [3.8, 4) is 11.4 Å². The standard InChI is InChI=1S/C19H23N3O3/c1-24-15-8-6-14(7-9-15)22-11-10-16(20-22)19(23)21-12-13-25-18-5-3-2-4-17(18)21/h6-11,17-18H,2-5,12-13H2,1H3/t17-,18+/m0/s1. The van der Waals surface area contributed by atoms with Crippen LogP contribution in [0.2, 0.25) is 0 Å². The van der Waals surface area contributed by atoms with Crippen LogP contribution in [0.5, 0.6) is 5.75 Å². The highest BCUT2D eigenvalue weighted by atomic mass is 16.5. The zero-order valence-corrected chi connectivity index (χ0v) is 14.4. The number of carbonyl (C=O) groups excluding carboxylic acids is 1. The molecule has 6 heteroatoms. The molecule has 0 bridgehead atoms. The number of nitrogens with zero attached hydrogens (tertiary/aromatic N) is 3. The summed E-state index contributed by atoms with van der Waals surface area (Å²) >= 11 is 0. The van der Waals surface area contributed by atoms with Crippen molar-refractivity contribution in [2.24, 2.45) is 0 Å². The van der Waals surface area contributed by atoms with E-state index in [4.69, 9.17) is 9.47 Å². The van der Waals surface area contributed by atoms with Gasteiger partial charge in [-0.25, -0.2) is 4.68 Å². The van der Waals surface area contributed by atoms with Crippen molar-refractivity contribution in [1.82, 2.24) is 14.7 Å². The highest BCUT2D eigenvalue weighted by Gasteiger charge is 2.37. The van der Waals surface area contributed by atoms with Crippen LogP contribution in [-0.2, 0) is 4.74 Å². The molecule has 25 heavy (non-hydrogen) atoms. The Labute approximate surface area is 147 Å². The third kappa shape index (κ3) is 3.14. The van der Waals surface area contributed by atoms with Gasteiger partial charge in [0.1, 0.15) is 5.75 Å². The molecule has 0 radical (unpaired) electrons. The molecule has 2 atom stereocenters. The van der Waals surface area contributed by atoms with Crippen LogP contribution in [0.1, 0.15) is 36.2 Å². The van der Waals surface area contributed by atoms with Crippen molar-refractivity contribution in [1.29, 1.82) is 0 Å². The van der Waals surface area contributed by atoms with Gasteiger partial charge in [-0.1, -0.05) is 12.8 Å². The molecule has 132 valence electrons. The van der Waals surface area contributed by atoms with Gasteiger partial charge in [-0.05, 0) is 43.2 Å². The maximum Gasteiger partial charge on any atom is 0.274 e. The van der Waals surface area contributed by atoms with E-state index < -0.39 is 0 Å². The SMILES string of the molecule is COc1ccc(-n2ccc(C(=O)N3CCO[C@@H]4CCCC[C@@H]43)n2)cc1. The third-order valence-electron chi connectivity index (χ3n) is 5.14. The molecule has 0 spiro atoms. The molecule has 1 amide bonds. The Kier molecular flexibility index (Phi) is 4.44. The minimum absolute atomic E-state index is 0.00691. The second-order valence-electron chi connectivity index (χ2n) is 6.60. The lowest BCUT2D eigenvalue weighted by molar-refractivity contribution is -0.0754. The second-order valence-corrected chi connectivity index (χ2v) is 6.60. The number of carbonyl (C=O) groups is 1. The monoisotopic (exact) mass is 341 g/mol. The van der Waals surface area contributed by atoms with Crippen molar-refractivity contribution in [2.45, 2.75) is 37.8 Å². The maximum absolute atomic E-state index is 13.0. The summed E-state index contributed by atoms with van der Waals surface area (Å²) in [7, 11) is 1.64. The Morgan fingerprint density at radius 3 is 2.80 bits per heavy atom. The summed E-state index contributed by atoms with van der Waals surface area (Å²) in [6, 6.07) is 9.60. The van der Waals surface area contributed by atoms with Crippen LogP contribution >= 0.6 is 0 Å². The third-order valence-corrected chi connectivity index (χ3v) is 5.14. The summed E-state index contributed by atoms with van der Waals surface area (Å²) in [5.41, 5.74) is 1.39. The fourth-order valence-electron chi connectivity index (χ4n) is 3.81. The topological polar surface area (TPSA) is 56.6 Å². The average molecular weight is 341 g/mol. The van der Waals surface area contributed by atoms with Gasteiger partial charge in [0.2, 0.25) is 0 Å². The fourth-order valence-corrected chi connectivity index (χ4v) is 3.81. The smallest absolute Gasteiger partial charge is 0.274 e. The van der Waals surface area contributed by atoms with Crippen LogP contribution in [0.15, 0.2) is 36.5 Å². The molecular formula is C19H23N3O3. The predicted molar refractivity (Wildman–Crippen MR) is 93.1 cm³/mol. The van der Waals surface area contributed by atoms with Gasteiger partial charge in [0.15, 0.2) is 5.69 Å². The van der Waals surface area contributed by atoms with Crippen LogP contribution in [-0.4, -0.2) is 53.0 Å². The number of aromatic nitrogens is 2. The number of benzene rings is 1. The van der Waals surface area contributed by atoms with Crippen LogP contribution in [0.3, 0.4) is 0 Å². The number of fused-ring (bicyclic) bond motifs is 1. The number of amides is 1. The van der Waals surface area contributed by atoms with Crippen molar-refractivity contribution >= 4 is 5.91 Å². The first-order valence-electron chi connectivity index (χ1n) is 8.89. The van der Waals surface area contributed by atoms with E-state index in [9.17, 15) is 4.79 Å². The number of ether oxygens (including phenoxy) is 2. The minimum atomic E-state index is 0.00691. The molecule has 1 saturated heterocycles. The maximum atomic E-state index is 13.0. The normalized spacial score (nSPS) is 23.2. The summed E-state index contributed by atoms with van der Waals surface area (Å²) < 4.78 is 12.8. The van der Waals surface area contributed by atoms with E-state index >= 15 is 0 Å². The largest absolute Gasteiger partial charge is 0.497 e. The van der Waals surface area contributed by atoms with Crippen molar-refractivity contribution in [3.63, 3.8) is 0 Å². The van der Waals surface area contributed by atoms with Crippen LogP contribution in [0.25, 0.3) is 5.69 Å². The number of morpholine rings is 1. The molecule has 6 nitrogen and oxygen atoms in total. The quantitative estimate of drug-likeness (QED) is 0.861. The van der Waals surface area contributed by atoms with Crippen molar-refractivity contribution < 1.29 is 14.3 Å². The Morgan fingerprint density at radius 1 is 1.20 bits per heavy atom. The molecule has 2 aromatic rings. The van der Waals surface area contributed by atoms with Gasteiger partial charge in [0.05, 0.1) is 31.5 Å². The predicted octanol–water partition coefficient (Wildman–Crippen LogP) is 2.66. The number of hydrogen-bond donors (Lipinski definition) is 0. The zero-order valence-electron chi connectivity index (χ0n) is 14.4. The molecule has 1 aliphatic carbocycles. The molecule has 1 aliphatic heterocycles. The van der Waals surface area contributed by atoms with Gasteiger partial charge in [-0.3, -0.25) is 4.79 Å². The summed E-state index contributed by atoms with van der Waals surface area (Å²) in [4.78, 5) is 14.9. The molecule has 2 heterocycles. The van der Waals surface area contributed by atoms with Gasteiger partial charge < -0.3 is 14.4 Å². The number of methoxy groups -OCH3 is 1. The Hall–Kier alpha value is -2.34. The Balaban J connectivity index is 1.53. The molecule has 1 saturated carbocycles. The molecule has 0 unspecified atom stereocenters. The summed E-state index contributed by atoms with van der Waals surface area (Å²) in [5, 5.41) is 4.49. The number of rotatable bonds is 3. The van der Waals surface area contributed by atoms with Crippen molar-refractivity contribution in [2.75, 3.05) is 20.3 Å². The van der Waals surface area contributed by atoms with Crippen LogP contribution < -0.4 is 4.74 Å². The fraction of sp³-hybridized carbons (Fsp3) is 0.474. The van der Waals surface area contributed by atoms with Gasteiger partial charge >= 0.3 is 0 Å². The molecular weight excluding hydrogens is 318 g/mol. The summed E-state index contributed by atoms with van der Waals surface area (Å²) in [6.07, 6.45) is 6.44. The Morgan fingerprint density at radius 2 is 2.00 bits per heavy atom. The molecule has 2 fully saturated rings. The van der Waals surface area contributed by atoms with Gasteiger partial charge in [0, 0.05) is 12.7 Å². The van der Waals surface area contributed by atoms with Gasteiger partial charge in [0.25, 0.3) is 5.91 Å². The van der Waals surface area contributed by atoms with Crippen LogP contribution in [0.4, 0.5) is 0 Å². The Bertz CT molecular complexity index is 739. The molecule has 4 rings (SSSR count). The van der Waals surface area contributed by atoms with E-state index in [1.807, 2.05) is 35.4 Å². The first-order valence-corrected chi connectivity index (χ1v) is 8.89. The van der Waals surface area contributed by atoms with E-state index in [1.165, 1.54) is 6.42 Å². The molecule has 2 aliphatic rings. The van der Waals surface area contributed by atoms with E-state index in [-0.39, 0.29) is 18.1 Å². The molecule has 0 N–H and O–H groups in total. The average Bonchev–Trinajstić information content (AvgIpc) is 3.17. The van der Waals surface area contributed by atoms with Crippen LogP contribution in [0, 0.1) is 0 Å². The highest BCUT2D eigenvalue weighted by Crippen LogP contribution is 2.29. The molecule has 1 aromatic carbocycles. The van der Waals surface area contributed by atoms with Gasteiger partial charge in [-0.2, -0.15) is 5.10 Å². The lowest BCUT2D eigenvalue weighted by Gasteiger charge is -2.43. The van der Waals surface area contributed by atoms with E-state index in [2.05, 4.69) is 5.10 Å². The second kappa shape index (κ2) is 6.88. The zero-order chi connectivity index (χ0) is 17.2. The summed E-state index contributed by atoms with van der Waals surface area (Å²) in [5.74, 6) is 0.802. The number of hydrogen-bond acceptors (Lipinski definition) is 4. The lowest BCUT2D eigenvalue weighted by Crippen LogP contribution is -2.54. The minimum Gasteiger partial charge on any atom is -0.497 e. The van der Waals surface area contributed by atoms with E-state index in [1.54, 1.807) is 17.9 Å². The summed E-state index contributed by atoms with van der Waals surface area (Å²) in [6.45, 7) is 1.27. The molecule has 1 aromatic heterocycles. The highest BCUT2D eigenvalue weighted by molar-refractivity contribution is 5.92.